The van der Waals surface area contributed by atoms with Crippen molar-refractivity contribution in [2.45, 2.75) is 19.4 Å². The van der Waals surface area contributed by atoms with E-state index in [-0.39, 0.29) is 17.5 Å². The van der Waals surface area contributed by atoms with Crippen LogP contribution in [0.3, 0.4) is 0 Å². The van der Waals surface area contributed by atoms with Crippen LogP contribution in [0.2, 0.25) is 0 Å². The van der Waals surface area contributed by atoms with Gasteiger partial charge in [0.05, 0.1) is 6.10 Å². The van der Waals surface area contributed by atoms with Crippen LogP contribution in [0, 0.1) is 0 Å². The molecule has 0 aliphatic rings. The molecule has 0 aliphatic carbocycles. The fraction of sp³-hybridized carbons (Fsp3) is 0.286. The Bertz CT molecular complexity index is 648. The maximum atomic E-state index is 12.1. The summed E-state index contributed by atoms with van der Waals surface area (Å²) in [6, 6.07) is 7.01. The summed E-state index contributed by atoms with van der Waals surface area (Å²) in [5.74, 6) is -0.473. The standard InChI is InChI=1S/C14H16N2O3/c1-2-9(17)7-16-14(19)11-8-15-12-6-4-3-5-10(12)13(11)18/h3-6,8-9,17H,2,7H2,1H3,(H,15,18)(H,16,19). The second-order valence-corrected chi connectivity index (χ2v) is 4.35. The van der Waals surface area contributed by atoms with Crippen molar-refractivity contribution in [3.05, 3.63) is 46.2 Å². The van der Waals surface area contributed by atoms with E-state index in [2.05, 4.69) is 10.3 Å². The van der Waals surface area contributed by atoms with Gasteiger partial charge in [-0.25, -0.2) is 0 Å². The van der Waals surface area contributed by atoms with Crippen molar-refractivity contribution in [1.29, 1.82) is 0 Å². The molecule has 1 unspecified atom stereocenters. The van der Waals surface area contributed by atoms with E-state index >= 15 is 0 Å². The molecule has 100 valence electrons. The first kappa shape index (κ1) is 13.3. The molecule has 5 nitrogen and oxygen atoms in total. The number of hydrogen-bond acceptors (Lipinski definition) is 3. The summed E-state index contributed by atoms with van der Waals surface area (Å²) in [6.45, 7) is 1.96. The molecule has 0 aliphatic heterocycles. The van der Waals surface area contributed by atoms with Crippen LogP contribution in [0.4, 0.5) is 0 Å². The van der Waals surface area contributed by atoms with Gasteiger partial charge in [0.15, 0.2) is 0 Å². The molecule has 0 bridgehead atoms. The number of rotatable bonds is 4. The number of hydrogen-bond donors (Lipinski definition) is 3. The first-order chi connectivity index (χ1) is 9.13. The molecule has 0 saturated heterocycles. The van der Waals surface area contributed by atoms with Gasteiger partial charge in [0.1, 0.15) is 5.56 Å². The van der Waals surface area contributed by atoms with E-state index in [0.717, 1.165) is 0 Å². The number of aliphatic hydroxyl groups is 1. The number of aliphatic hydroxyl groups excluding tert-OH is 1. The lowest BCUT2D eigenvalue weighted by Crippen LogP contribution is -2.34. The Labute approximate surface area is 110 Å². The van der Waals surface area contributed by atoms with Crippen LogP contribution in [-0.4, -0.2) is 28.6 Å². The Hall–Kier alpha value is -2.14. The number of benzene rings is 1. The minimum atomic E-state index is -0.594. The first-order valence-electron chi connectivity index (χ1n) is 6.20. The first-order valence-corrected chi connectivity index (χ1v) is 6.20. The smallest absolute Gasteiger partial charge is 0.256 e. The molecule has 1 atom stereocenters. The molecule has 0 saturated carbocycles. The molecule has 2 aromatic rings. The number of amides is 1. The molecule has 5 heteroatoms. The van der Waals surface area contributed by atoms with Crippen molar-refractivity contribution >= 4 is 16.8 Å². The van der Waals surface area contributed by atoms with E-state index in [1.165, 1.54) is 6.20 Å². The second kappa shape index (κ2) is 5.67. The highest BCUT2D eigenvalue weighted by Crippen LogP contribution is 2.06. The maximum Gasteiger partial charge on any atom is 0.256 e. The third-order valence-electron chi connectivity index (χ3n) is 3.00. The van der Waals surface area contributed by atoms with E-state index < -0.39 is 12.0 Å². The van der Waals surface area contributed by atoms with E-state index in [1.54, 1.807) is 18.2 Å². The summed E-state index contributed by atoms with van der Waals surface area (Å²) < 4.78 is 0. The SMILES string of the molecule is CCC(O)CNC(=O)c1c[nH]c2ccccc2c1=O. The summed E-state index contributed by atoms with van der Waals surface area (Å²) >= 11 is 0. The molecule has 1 aromatic heterocycles. The zero-order chi connectivity index (χ0) is 13.8. The fourth-order valence-corrected chi connectivity index (χ4v) is 1.79. The molecule has 1 heterocycles. The van der Waals surface area contributed by atoms with Crippen LogP contribution in [0.1, 0.15) is 23.7 Å². The number of H-pyrrole nitrogens is 1. The van der Waals surface area contributed by atoms with Crippen LogP contribution < -0.4 is 10.7 Å². The number of pyridine rings is 1. The summed E-state index contributed by atoms with van der Waals surface area (Å²) in [5, 5.41) is 12.4. The lowest BCUT2D eigenvalue weighted by molar-refractivity contribution is 0.0912. The molecule has 0 fully saturated rings. The van der Waals surface area contributed by atoms with Gasteiger partial charge in [0.2, 0.25) is 5.43 Å². The quantitative estimate of drug-likeness (QED) is 0.768. The Morgan fingerprint density at radius 3 is 2.89 bits per heavy atom. The van der Waals surface area contributed by atoms with Crippen molar-refractivity contribution in [2.75, 3.05) is 6.54 Å². The lowest BCUT2D eigenvalue weighted by Gasteiger charge is -2.09. The Kier molecular flexibility index (Phi) is 3.97. The highest BCUT2D eigenvalue weighted by atomic mass is 16.3. The predicted octanol–water partition coefficient (Wildman–Crippen LogP) is 1.03. The maximum absolute atomic E-state index is 12.1. The zero-order valence-corrected chi connectivity index (χ0v) is 10.6. The average molecular weight is 260 g/mol. The summed E-state index contributed by atoms with van der Waals surface area (Å²) in [4.78, 5) is 26.9. The average Bonchev–Trinajstić information content (AvgIpc) is 2.45. The van der Waals surface area contributed by atoms with Crippen LogP contribution in [0.5, 0.6) is 0 Å². The number of nitrogens with one attached hydrogen (secondary N) is 2. The topological polar surface area (TPSA) is 82.2 Å². The van der Waals surface area contributed by atoms with Gasteiger partial charge in [-0.1, -0.05) is 19.1 Å². The van der Waals surface area contributed by atoms with Crippen LogP contribution in [0.15, 0.2) is 35.3 Å². The molecule has 0 radical (unpaired) electrons. The van der Waals surface area contributed by atoms with Gasteiger partial charge in [-0.15, -0.1) is 0 Å². The Balaban J connectivity index is 2.28. The third kappa shape index (κ3) is 2.82. The summed E-state index contributed by atoms with van der Waals surface area (Å²) in [5.41, 5.74) is 0.442. The van der Waals surface area contributed by atoms with Crippen molar-refractivity contribution in [1.82, 2.24) is 10.3 Å². The van der Waals surface area contributed by atoms with Crippen LogP contribution in [0.25, 0.3) is 10.9 Å². The number of para-hydroxylation sites is 1. The molecule has 1 amide bonds. The minimum Gasteiger partial charge on any atom is -0.391 e. The molecule has 3 N–H and O–H groups in total. The van der Waals surface area contributed by atoms with Crippen LogP contribution in [-0.2, 0) is 0 Å². The highest BCUT2D eigenvalue weighted by Gasteiger charge is 2.13. The van der Waals surface area contributed by atoms with Gasteiger partial charge >= 0.3 is 0 Å². The minimum absolute atomic E-state index is 0.0574. The van der Waals surface area contributed by atoms with E-state index in [4.69, 9.17) is 0 Å². The predicted molar refractivity (Wildman–Crippen MR) is 73.2 cm³/mol. The molecular formula is C14H16N2O3. The zero-order valence-electron chi connectivity index (χ0n) is 10.6. The van der Waals surface area contributed by atoms with E-state index in [1.807, 2.05) is 13.0 Å². The normalized spacial score (nSPS) is 12.3. The second-order valence-electron chi connectivity index (χ2n) is 4.35. The number of carbonyl (C=O) groups is 1. The van der Waals surface area contributed by atoms with E-state index in [9.17, 15) is 14.7 Å². The summed E-state index contributed by atoms with van der Waals surface area (Å²) in [7, 11) is 0. The monoisotopic (exact) mass is 260 g/mol. The van der Waals surface area contributed by atoms with Gasteiger partial charge in [-0.2, -0.15) is 0 Å². The summed E-state index contributed by atoms with van der Waals surface area (Å²) in [6.07, 6.45) is 1.36. The molecule has 0 spiro atoms. The largest absolute Gasteiger partial charge is 0.391 e. The molecule has 19 heavy (non-hydrogen) atoms. The number of carbonyl (C=O) groups excluding carboxylic acids is 1. The number of aromatic amines is 1. The Morgan fingerprint density at radius 1 is 1.42 bits per heavy atom. The van der Waals surface area contributed by atoms with Gasteiger partial charge in [0.25, 0.3) is 5.91 Å². The Morgan fingerprint density at radius 2 is 2.16 bits per heavy atom. The van der Waals surface area contributed by atoms with Crippen LogP contribution >= 0.6 is 0 Å². The molecular weight excluding hydrogens is 244 g/mol. The fourth-order valence-electron chi connectivity index (χ4n) is 1.79. The molecule has 2 rings (SSSR count). The van der Waals surface area contributed by atoms with Crippen molar-refractivity contribution in [3.8, 4) is 0 Å². The van der Waals surface area contributed by atoms with Gasteiger partial charge in [-0.05, 0) is 18.6 Å². The van der Waals surface area contributed by atoms with Crippen molar-refractivity contribution in [2.24, 2.45) is 0 Å². The van der Waals surface area contributed by atoms with Gasteiger partial charge < -0.3 is 15.4 Å². The third-order valence-corrected chi connectivity index (χ3v) is 3.00. The van der Waals surface area contributed by atoms with Crippen molar-refractivity contribution < 1.29 is 9.90 Å². The van der Waals surface area contributed by atoms with Crippen molar-refractivity contribution in [3.63, 3.8) is 0 Å². The molecule has 1 aromatic carbocycles. The highest BCUT2D eigenvalue weighted by molar-refractivity contribution is 5.97. The van der Waals surface area contributed by atoms with E-state index in [0.29, 0.717) is 17.3 Å². The number of fused-ring (bicyclic) bond motifs is 1. The van der Waals surface area contributed by atoms with Gasteiger partial charge in [0, 0.05) is 23.6 Å². The number of aromatic nitrogens is 1. The lowest BCUT2D eigenvalue weighted by atomic mass is 10.1. The van der Waals surface area contributed by atoms with Gasteiger partial charge in [-0.3, -0.25) is 9.59 Å².